The maximum Gasteiger partial charge on any atom is 0.144 e. The monoisotopic (exact) mass is 248 g/mol. The lowest BCUT2D eigenvalue weighted by molar-refractivity contribution is 0.474. The van der Waals surface area contributed by atoms with Gasteiger partial charge in [0.15, 0.2) is 0 Å². The zero-order valence-electron chi connectivity index (χ0n) is 5.96. The molecule has 0 heterocycles. The molecule has 12 heavy (non-hydrogen) atoms. The molecule has 0 saturated carbocycles. The van der Waals surface area contributed by atoms with Crippen LogP contribution in [0.5, 0.6) is 5.75 Å². The fourth-order valence-corrected chi connectivity index (χ4v) is 1.34. The van der Waals surface area contributed by atoms with Crippen LogP contribution in [0.4, 0.5) is 0 Å². The van der Waals surface area contributed by atoms with E-state index in [9.17, 15) is 5.11 Å². The number of hydrogen-bond acceptors (Lipinski definition) is 3. The molecule has 3 N–H and O–H groups in total. The average molecular weight is 249 g/mol. The Kier molecular flexibility index (Phi) is 2.94. The second-order valence-electron chi connectivity index (χ2n) is 2.07. The first-order valence-corrected chi connectivity index (χ1v) is 4.24. The lowest BCUT2D eigenvalue weighted by Crippen LogP contribution is -1.89. The van der Waals surface area contributed by atoms with E-state index < -0.39 is 0 Å². The number of nitrogens with zero attached hydrogens (tertiary/aromatic N) is 1. The van der Waals surface area contributed by atoms with Crippen LogP contribution in [-0.4, -0.2) is 11.3 Å². The van der Waals surface area contributed by atoms with Crippen molar-refractivity contribution >= 4 is 33.7 Å². The van der Waals surface area contributed by atoms with Gasteiger partial charge in [-0.25, -0.2) is 0 Å². The maximum absolute atomic E-state index is 9.40. The van der Waals surface area contributed by atoms with Gasteiger partial charge in [-0.1, -0.05) is 11.6 Å². The highest BCUT2D eigenvalue weighted by atomic mass is 79.9. The molecule has 0 aliphatic rings. The quantitative estimate of drug-likeness (QED) is 0.455. The molecule has 3 nitrogen and oxygen atoms in total. The molecule has 0 atom stereocenters. The third-order valence-corrected chi connectivity index (χ3v) is 2.31. The van der Waals surface area contributed by atoms with E-state index in [0.717, 1.165) is 0 Å². The minimum atomic E-state index is -0.0276. The molecule has 0 amide bonds. The Bertz CT molecular complexity index is 327. The SMILES string of the molecule is NN=Cc1c(Br)ccc(Cl)c1O. The lowest BCUT2D eigenvalue weighted by atomic mass is 10.2. The van der Waals surface area contributed by atoms with Crippen molar-refractivity contribution in [3.8, 4) is 5.75 Å². The topological polar surface area (TPSA) is 58.6 Å². The van der Waals surface area contributed by atoms with Crippen molar-refractivity contribution in [2.45, 2.75) is 0 Å². The highest BCUT2D eigenvalue weighted by Gasteiger charge is 2.06. The summed E-state index contributed by atoms with van der Waals surface area (Å²) in [6, 6.07) is 3.29. The van der Waals surface area contributed by atoms with Gasteiger partial charge in [-0.15, -0.1) is 0 Å². The minimum absolute atomic E-state index is 0.0276. The molecule has 0 saturated heterocycles. The molecule has 1 rings (SSSR count). The van der Waals surface area contributed by atoms with E-state index in [0.29, 0.717) is 10.0 Å². The zero-order chi connectivity index (χ0) is 9.14. The molecule has 0 fully saturated rings. The van der Waals surface area contributed by atoms with Crippen LogP contribution in [0.1, 0.15) is 5.56 Å². The number of nitrogens with two attached hydrogens (primary N) is 1. The summed E-state index contributed by atoms with van der Waals surface area (Å²) >= 11 is 8.87. The Balaban J connectivity index is 3.32. The summed E-state index contributed by atoms with van der Waals surface area (Å²) in [6.07, 6.45) is 1.32. The number of hydrazone groups is 1. The lowest BCUT2D eigenvalue weighted by Gasteiger charge is -2.02. The predicted octanol–water partition coefficient (Wildman–Crippen LogP) is 2.10. The van der Waals surface area contributed by atoms with E-state index >= 15 is 0 Å². The fraction of sp³-hybridized carbons (Fsp3) is 0. The van der Waals surface area contributed by atoms with Crippen molar-refractivity contribution in [2.75, 3.05) is 0 Å². The average Bonchev–Trinajstić information content (AvgIpc) is 2.06. The first-order chi connectivity index (χ1) is 5.66. The number of halogens is 2. The van der Waals surface area contributed by atoms with Crippen LogP contribution < -0.4 is 5.84 Å². The summed E-state index contributed by atoms with van der Waals surface area (Å²) < 4.78 is 0.693. The van der Waals surface area contributed by atoms with Crippen molar-refractivity contribution in [3.63, 3.8) is 0 Å². The summed E-state index contributed by atoms with van der Waals surface area (Å²) in [4.78, 5) is 0. The zero-order valence-corrected chi connectivity index (χ0v) is 8.30. The first kappa shape index (κ1) is 9.35. The van der Waals surface area contributed by atoms with Crippen molar-refractivity contribution in [1.29, 1.82) is 0 Å². The molecule has 64 valence electrons. The van der Waals surface area contributed by atoms with Crippen LogP contribution in [0.25, 0.3) is 0 Å². The second kappa shape index (κ2) is 3.78. The third-order valence-electron chi connectivity index (χ3n) is 1.32. The van der Waals surface area contributed by atoms with Crippen LogP contribution in [0.2, 0.25) is 5.02 Å². The molecular formula is C7H6BrClN2O. The maximum atomic E-state index is 9.40. The van der Waals surface area contributed by atoms with Gasteiger partial charge in [-0.05, 0) is 28.1 Å². The van der Waals surface area contributed by atoms with E-state index in [1.807, 2.05) is 0 Å². The number of benzene rings is 1. The Labute approximate surface area is 83.0 Å². The Hall–Kier alpha value is -0.740. The number of phenols is 1. The standard InChI is InChI=1S/C7H6BrClN2O/c8-5-1-2-6(9)7(12)4(5)3-11-10/h1-3,12H,10H2. The van der Waals surface area contributed by atoms with Crippen molar-refractivity contribution in [2.24, 2.45) is 10.9 Å². The van der Waals surface area contributed by atoms with Gasteiger partial charge in [-0.2, -0.15) is 5.10 Å². The normalized spacial score (nSPS) is 10.8. The van der Waals surface area contributed by atoms with E-state index in [1.54, 1.807) is 12.1 Å². The molecule has 0 radical (unpaired) electrons. The first-order valence-electron chi connectivity index (χ1n) is 3.07. The fourth-order valence-electron chi connectivity index (χ4n) is 0.754. The number of hydrogen-bond donors (Lipinski definition) is 2. The van der Waals surface area contributed by atoms with E-state index in [1.165, 1.54) is 6.21 Å². The number of rotatable bonds is 1. The molecule has 1 aromatic rings. The number of aromatic hydroxyl groups is 1. The van der Waals surface area contributed by atoms with Crippen molar-refractivity contribution in [1.82, 2.24) is 0 Å². The molecule has 1 aromatic carbocycles. The van der Waals surface area contributed by atoms with Crippen LogP contribution in [0, 0.1) is 0 Å². The second-order valence-corrected chi connectivity index (χ2v) is 3.33. The number of phenolic OH excluding ortho intramolecular Hbond substituents is 1. The van der Waals surface area contributed by atoms with Gasteiger partial charge in [-0.3, -0.25) is 0 Å². The predicted molar refractivity (Wildman–Crippen MR) is 52.6 cm³/mol. The summed E-state index contributed by atoms with van der Waals surface area (Å²) in [5.74, 6) is 4.92. The molecule has 0 aromatic heterocycles. The molecular weight excluding hydrogens is 243 g/mol. The largest absolute Gasteiger partial charge is 0.506 e. The smallest absolute Gasteiger partial charge is 0.144 e. The Morgan fingerprint density at radius 2 is 2.25 bits per heavy atom. The van der Waals surface area contributed by atoms with Crippen molar-refractivity contribution in [3.05, 3.63) is 27.2 Å². The highest BCUT2D eigenvalue weighted by molar-refractivity contribution is 9.10. The molecule has 5 heteroatoms. The highest BCUT2D eigenvalue weighted by Crippen LogP contribution is 2.31. The van der Waals surface area contributed by atoms with Crippen LogP contribution in [0.3, 0.4) is 0 Å². The summed E-state index contributed by atoms with van der Waals surface area (Å²) in [7, 11) is 0. The van der Waals surface area contributed by atoms with Crippen molar-refractivity contribution < 1.29 is 5.11 Å². The van der Waals surface area contributed by atoms with Gasteiger partial charge < -0.3 is 10.9 Å². The van der Waals surface area contributed by atoms with Gasteiger partial charge in [0.2, 0.25) is 0 Å². The van der Waals surface area contributed by atoms with E-state index in [2.05, 4.69) is 21.0 Å². The van der Waals surface area contributed by atoms with Gasteiger partial charge in [0.25, 0.3) is 0 Å². The molecule has 0 unspecified atom stereocenters. The summed E-state index contributed by atoms with van der Waals surface area (Å²) in [5.41, 5.74) is 0.477. The summed E-state index contributed by atoms with van der Waals surface area (Å²) in [5, 5.41) is 13.0. The van der Waals surface area contributed by atoms with Gasteiger partial charge >= 0.3 is 0 Å². The van der Waals surface area contributed by atoms with Gasteiger partial charge in [0.05, 0.1) is 16.8 Å². The van der Waals surface area contributed by atoms with E-state index in [4.69, 9.17) is 17.4 Å². The molecule has 0 spiro atoms. The third kappa shape index (κ3) is 1.70. The van der Waals surface area contributed by atoms with Gasteiger partial charge in [0.1, 0.15) is 5.75 Å². The Morgan fingerprint density at radius 3 is 2.83 bits per heavy atom. The molecule has 0 aliphatic heterocycles. The van der Waals surface area contributed by atoms with Gasteiger partial charge in [0, 0.05) is 4.47 Å². The van der Waals surface area contributed by atoms with E-state index in [-0.39, 0.29) is 10.8 Å². The van der Waals surface area contributed by atoms with Crippen LogP contribution in [0.15, 0.2) is 21.7 Å². The van der Waals surface area contributed by atoms with Crippen LogP contribution in [-0.2, 0) is 0 Å². The Morgan fingerprint density at radius 1 is 1.58 bits per heavy atom. The minimum Gasteiger partial charge on any atom is -0.506 e. The molecule has 0 bridgehead atoms. The van der Waals surface area contributed by atoms with Crippen LogP contribution >= 0.6 is 27.5 Å². The summed E-state index contributed by atoms with van der Waals surface area (Å²) in [6.45, 7) is 0. The molecule has 0 aliphatic carbocycles.